The van der Waals surface area contributed by atoms with Gasteiger partial charge in [0.1, 0.15) is 5.75 Å². The molecular weight excluding hydrogens is 326 g/mol. The van der Waals surface area contributed by atoms with Crippen molar-refractivity contribution in [1.29, 1.82) is 0 Å². The fraction of sp³-hybridized carbons (Fsp3) is 0.364. The Bertz CT molecular complexity index is 720. The number of rotatable bonds is 9. The van der Waals surface area contributed by atoms with E-state index >= 15 is 0 Å². The molecule has 1 amide bonds. The molecule has 0 heterocycles. The van der Waals surface area contributed by atoms with E-state index < -0.39 is 0 Å². The summed E-state index contributed by atoms with van der Waals surface area (Å²) in [5.74, 6) is 0.779. The zero-order chi connectivity index (χ0) is 18.9. The Morgan fingerprint density at radius 2 is 1.69 bits per heavy atom. The maximum absolute atomic E-state index is 12.2. The molecule has 0 spiro atoms. The van der Waals surface area contributed by atoms with E-state index in [1.165, 1.54) is 12.5 Å². The summed E-state index contributed by atoms with van der Waals surface area (Å²) in [5, 5.41) is 3.09. The number of benzene rings is 2. The van der Waals surface area contributed by atoms with Crippen molar-refractivity contribution in [3.05, 3.63) is 65.2 Å². The summed E-state index contributed by atoms with van der Waals surface area (Å²) >= 11 is 0. The van der Waals surface area contributed by atoms with Gasteiger partial charge in [0.2, 0.25) is 5.91 Å². The van der Waals surface area contributed by atoms with E-state index in [9.17, 15) is 9.59 Å². The van der Waals surface area contributed by atoms with Crippen LogP contribution < -0.4 is 10.1 Å². The van der Waals surface area contributed by atoms with Crippen molar-refractivity contribution in [2.75, 3.05) is 6.61 Å². The monoisotopic (exact) mass is 353 g/mol. The average molecular weight is 353 g/mol. The average Bonchev–Trinajstić information content (AvgIpc) is 2.64. The van der Waals surface area contributed by atoms with Crippen molar-refractivity contribution in [2.45, 2.75) is 46.1 Å². The highest BCUT2D eigenvalue weighted by molar-refractivity contribution is 5.94. The van der Waals surface area contributed by atoms with E-state index in [-0.39, 0.29) is 17.7 Å². The van der Waals surface area contributed by atoms with Crippen molar-refractivity contribution in [3.63, 3.8) is 0 Å². The summed E-state index contributed by atoms with van der Waals surface area (Å²) in [6.45, 7) is 6.12. The minimum absolute atomic E-state index is 0.0345. The van der Waals surface area contributed by atoms with Gasteiger partial charge in [-0.25, -0.2) is 0 Å². The van der Waals surface area contributed by atoms with Crippen LogP contribution in [0.2, 0.25) is 0 Å². The van der Waals surface area contributed by atoms with E-state index in [1.807, 2.05) is 0 Å². The second kappa shape index (κ2) is 9.76. The Kier molecular flexibility index (Phi) is 7.39. The molecule has 2 rings (SSSR count). The molecule has 4 heteroatoms. The number of carbonyl (C=O) groups excluding carboxylic acids is 2. The summed E-state index contributed by atoms with van der Waals surface area (Å²) < 4.78 is 5.63. The van der Waals surface area contributed by atoms with Crippen molar-refractivity contribution in [2.24, 2.45) is 0 Å². The van der Waals surface area contributed by atoms with Crippen LogP contribution in [-0.2, 0) is 4.79 Å². The number of aryl methyl sites for hydroxylation is 1. The molecule has 26 heavy (non-hydrogen) atoms. The maximum atomic E-state index is 12.2. The number of nitrogens with one attached hydrogen (secondary N) is 1. The largest absolute Gasteiger partial charge is 0.494 e. The van der Waals surface area contributed by atoms with E-state index in [2.05, 4.69) is 43.4 Å². The molecule has 0 aliphatic heterocycles. The lowest BCUT2D eigenvalue weighted by Gasteiger charge is -2.18. The minimum Gasteiger partial charge on any atom is -0.494 e. The van der Waals surface area contributed by atoms with Gasteiger partial charge >= 0.3 is 0 Å². The molecular formula is C22H27NO3. The van der Waals surface area contributed by atoms with Crippen molar-refractivity contribution >= 4 is 11.7 Å². The predicted molar refractivity (Wildman–Crippen MR) is 104 cm³/mol. The molecule has 2 aromatic rings. The number of carbonyl (C=O) groups is 2. The first-order valence-electron chi connectivity index (χ1n) is 9.09. The molecule has 1 N–H and O–H groups in total. The fourth-order valence-corrected chi connectivity index (χ4v) is 2.69. The van der Waals surface area contributed by atoms with Crippen molar-refractivity contribution in [3.8, 4) is 5.75 Å². The second-order valence-electron chi connectivity index (χ2n) is 6.47. The highest BCUT2D eigenvalue weighted by Gasteiger charge is 2.12. The molecule has 0 saturated heterocycles. The van der Waals surface area contributed by atoms with E-state index in [0.717, 1.165) is 12.0 Å². The quantitative estimate of drug-likeness (QED) is 0.528. The Morgan fingerprint density at radius 1 is 1.04 bits per heavy atom. The Labute approximate surface area is 155 Å². The lowest BCUT2D eigenvalue weighted by molar-refractivity contribution is -0.122. The van der Waals surface area contributed by atoms with Gasteiger partial charge in [-0.3, -0.25) is 9.59 Å². The molecule has 0 aliphatic rings. The van der Waals surface area contributed by atoms with Crippen LogP contribution in [0.5, 0.6) is 5.75 Å². The number of Topliss-reactive ketones (excluding diaryl/α,β-unsaturated/α-hetero) is 1. The fourth-order valence-electron chi connectivity index (χ4n) is 2.69. The second-order valence-corrected chi connectivity index (χ2v) is 6.47. The third kappa shape index (κ3) is 6.03. The Hall–Kier alpha value is -2.62. The zero-order valence-electron chi connectivity index (χ0n) is 15.7. The highest BCUT2D eigenvalue weighted by Crippen LogP contribution is 2.17. The summed E-state index contributed by atoms with van der Waals surface area (Å²) in [7, 11) is 0. The number of hydrogen-bond donors (Lipinski definition) is 1. The van der Waals surface area contributed by atoms with Crippen LogP contribution in [0.25, 0.3) is 0 Å². The van der Waals surface area contributed by atoms with Gasteiger partial charge in [-0.1, -0.05) is 36.8 Å². The van der Waals surface area contributed by atoms with Gasteiger partial charge in [-0.15, -0.1) is 0 Å². The van der Waals surface area contributed by atoms with Crippen LogP contribution in [0, 0.1) is 6.92 Å². The third-order valence-corrected chi connectivity index (χ3v) is 4.30. The van der Waals surface area contributed by atoms with Crippen molar-refractivity contribution < 1.29 is 14.3 Å². The van der Waals surface area contributed by atoms with Crippen LogP contribution in [0.3, 0.4) is 0 Å². The number of amides is 1. The molecule has 0 fully saturated rings. The summed E-state index contributed by atoms with van der Waals surface area (Å²) in [4.78, 5) is 23.4. The standard InChI is InChI=1S/C22H27NO3/c1-4-21(19-9-7-16(2)8-10-19)23-22(25)6-5-15-26-20-13-11-18(12-14-20)17(3)24/h7-14,21H,4-6,15H2,1-3H3,(H,23,25). The van der Waals surface area contributed by atoms with E-state index in [1.54, 1.807) is 24.3 Å². The molecule has 0 aromatic heterocycles. The van der Waals surface area contributed by atoms with Gasteiger partial charge < -0.3 is 10.1 Å². The summed E-state index contributed by atoms with van der Waals surface area (Å²) in [6.07, 6.45) is 1.92. The number of ether oxygens (including phenoxy) is 1. The first-order valence-corrected chi connectivity index (χ1v) is 9.09. The van der Waals surface area contributed by atoms with Gasteiger partial charge in [0.25, 0.3) is 0 Å². The molecule has 0 saturated carbocycles. The SMILES string of the molecule is CCC(NC(=O)CCCOc1ccc(C(C)=O)cc1)c1ccc(C)cc1. The topological polar surface area (TPSA) is 55.4 Å². The molecule has 1 atom stereocenters. The van der Waals surface area contributed by atoms with E-state index in [0.29, 0.717) is 30.8 Å². The molecule has 1 unspecified atom stereocenters. The highest BCUT2D eigenvalue weighted by atomic mass is 16.5. The van der Waals surface area contributed by atoms with Gasteiger partial charge in [-0.2, -0.15) is 0 Å². The minimum atomic E-state index is 0.0345. The first-order chi connectivity index (χ1) is 12.5. The molecule has 2 aromatic carbocycles. The van der Waals surface area contributed by atoms with Crippen molar-refractivity contribution in [1.82, 2.24) is 5.32 Å². The summed E-state index contributed by atoms with van der Waals surface area (Å²) in [6, 6.07) is 15.4. The summed E-state index contributed by atoms with van der Waals surface area (Å²) in [5.41, 5.74) is 3.01. The number of hydrogen-bond acceptors (Lipinski definition) is 3. The van der Waals surface area contributed by atoms with Crippen LogP contribution >= 0.6 is 0 Å². The van der Waals surface area contributed by atoms with Gasteiger partial charge in [0.15, 0.2) is 5.78 Å². The lowest BCUT2D eigenvalue weighted by atomic mass is 10.0. The van der Waals surface area contributed by atoms with Gasteiger partial charge in [-0.05, 0) is 56.5 Å². The van der Waals surface area contributed by atoms with Gasteiger partial charge in [0, 0.05) is 12.0 Å². The predicted octanol–water partition coefficient (Wildman–Crippen LogP) is 4.62. The Morgan fingerprint density at radius 3 is 2.27 bits per heavy atom. The zero-order valence-corrected chi connectivity index (χ0v) is 15.7. The molecule has 0 radical (unpaired) electrons. The molecule has 0 aliphatic carbocycles. The van der Waals surface area contributed by atoms with E-state index in [4.69, 9.17) is 4.74 Å². The van der Waals surface area contributed by atoms with Crippen LogP contribution in [0.4, 0.5) is 0 Å². The third-order valence-electron chi connectivity index (χ3n) is 4.30. The molecule has 138 valence electrons. The van der Waals surface area contributed by atoms with Crippen LogP contribution in [-0.4, -0.2) is 18.3 Å². The first kappa shape index (κ1) is 19.7. The number of ketones is 1. The lowest BCUT2D eigenvalue weighted by Crippen LogP contribution is -2.28. The normalized spacial score (nSPS) is 11.7. The smallest absolute Gasteiger partial charge is 0.220 e. The molecule has 0 bridgehead atoms. The Balaban J connectivity index is 1.74. The van der Waals surface area contributed by atoms with Crippen LogP contribution in [0.15, 0.2) is 48.5 Å². The maximum Gasteiger partial charge on any atom is 0.220 e. The molecule has 4 nitrogen and oxygen atoms in total. The van der Waals surface area contributed by atoms with Crippen LogP contribution in [0.1, 0.15) is 60.6 Å². The van der Waals surface area contributed by atoms with Gasteiger partial charge in [0.05, 0.1) is 12.6 Å².